The van der Waals surface area contributed by atoms with Crippen LogP contribution in [0, 0.1) is 0 Å². The van der Waals surface area contributed by atoms with Gasteiger partial charge in [-0.25, -0.2) is 4.98 Å². The van der Waals surface area contributed by atoms with Crippen molar-refractivity contribution in [3.63, 3.8) is 0 Å². The van der Waals surface area contributed by atoms with Crippen molar-refractivity contribution in [3.05, 3.63) is 70.9 Å². The smallest absolute Gasteiger partial charge is 0.255 e. The molecule has 9 nitrogen and oxygen atoms in total. The molecule has 0 saturated carbocycles. The summed E-state index contributed by atoms with van der Waals surface area (Å²) in [7, 11) is 0. The molecule has 2 aromatic carbocycles. The first-order chi connectivity index (χ1) is 17.0. The third-order valence-electron chi connectivity index (χ3n) is 6.86. The van der Waals surface area contributed by atoms with Crippen LogP contribution in [0.25, 0.3) is 0 Å². The van der Waals surface area contributed by atoms with Crippen LogP contribution < -0.4 is 16.0 Å². The van der Waals surface area contributed by atoms with Gasteiger partial charge in [-0.05, 0) is 67.1 Å². The molecule has 1 aliphatic carbocycles. The average Bonchev–Trinajstić information content (AvgIpc) is 3.44. The van der Waals surface area contributed by atoms with E-state index in [4.69, 9.17) is 0 Å². The molecule has 9 heteroatoms. The minimum absolute atomic E-state index is 0.209. The highest BCUT2D eigenvalue weighted by Gasteiger charge is 2.39. The summed E-state index contributed by atoms with van der Waals surface area (Å²) in [6.07, 6.45) is 5.66. The Morgan fingerprint density at radius 2 is 1.86 bits per heavy atom. The third kappa shape index (κ3) is 3.99. The van der Waals surface area contributed by atoms with Gasteiger partial charge in [0.05, 0.1) is 0 Å². The molecule has 2 aliphatic heterocycles. The quantitative estimate of drug-likeness (QED) is 0.493. The van der Waals surface area contributed by atoms with Crippen LogP contribution in [-0.2, 0) is 29.0 Å². The number of nitrogens with one attached hydrogen (secondary N) is 3. The molecule has 3 aliphatic rings. The Bertz CT molecular complexity index is 1370. The predicted octanol–water partition coefficient (Wildman–Crippen LogP) is 3.21. The highest BCUT2D eigenvalue weighted by molar-refractivity contribution is 6.06. The van der Waals surface area contributed by atoms with E-state index in [2.05, 4.69) is 38.1 Å². The van der Waals surface area contributed by atoms with E-state index >= 15 is 0 Å². The maximum atomic E-state index is 13.1. The molecule has 176 valence electrons. The number of hydrogen-bond acceptors (Lipinski definition) is 7. The first-order valence-electron chi connectivity index (χ1n) is 11.8. The second-order valence-corrected chi connectivity index (χ2v) is 9.08. The highest BCUT2D eigenvalue weighted by Crippen LogP contribution is 2.33. The van der Waals surface area contributed by atoms with Crippen LogP contribution in [0.3, 0.4) is 0 Å². The normalized spacial score (nSPS) is 18.8. The summed E-state index contributed by atoms with van der Waals surface area (Å²) in [5.41, 5.74) is 5.82. The van der Waals surface area contributed by atoms with E-state index in [1.165, 1.54) is 17.5 Å². The van der Waals surface area contributed by atoms with Crippen molar-refractivity contribution in [3.8, 4) is 0 Å². The van der Waals surface area contributed by atoms with Crippen LogP contribution in [0.1, 0.15) is 46.3 Å². The van der Waals surface area contributed by atoms with Gasteiger partial charge in [-0.15, -0.1) is 0 Å². The Morgan fingerprint density at radius 1 is 0.971 bits per heavy atom. The van der Waals surface area contributed by atoms with Crippen molar-refractivity contribution in [2.75, 3.05) is 10.6 Å². The SMILES string of the molecule is O=C1CCC(N2Cc3c(Nc4ccnc(Nc5ccc6c(c5)CCC6)n4)cccc3C2=O)C(=O)N1. The van der Waals surface area contributed by atoms with Crippen molar-refractivity contribution in [2.24, 2.45) is 0 Å². The fourth-order valence-electron chi connectivity index (χ4n) is 5.11. The minimum Gasteiger partial charge on any atom is -0.340 e. The summed E-state index contributed by atoms with van der Waals surface area (Å²) in [6, 6.07) is 12.9. The largest absolute Gasteiger partial charge is 0.340 e. The van der Waals surface area contributed by atoms with Gasteiger partial charge in [0.1, 0.15) is 11.9 Å². The molecule has 3 N–H and O–H groups in total. The van der Waals surface area contributed by atoms with Crippen molar-refractivity contribution in [2.45, 2.75) is 44.7 Å². The number of piperidine rings is 1. The van der Waals surface area contributed by atoms with Gasteiger partial charge in [0.2, 0.25) is 17.8 Å². The molecule has 35 heavy (non-hydrogen) atoms. The van der Waals surface area contributed by atoms with E-state index in [9.17, 15) is 14.4 Å². The summed E-state index contributed by atoms with van der Waals surface area (Å²) in [4.78, 5) is 47.4. The lowest BCUT2D eigenvalue weighted by atomic mass is 10.0. The number of benzene rings is 2. The van der Waals surface area contributed by atoms with Crippen molar-refractivity contribution >= 4 is 40.9 Å². The van der Waals surface area contributed by atoms with Crippen LogP contribution in [0.4, 0.5) is 23.1 Å². The lowest BCUT2D eigenvalue weighted by molar-refractivity contribution is -0.136. The zero-order chi connectivity index (χ0) is 23.9. The summed E-state index contributed by atoms with van der Waals surface area (Å²) >= 11 is 0. The first-order valence-corrected chi connectivity index (χ1v) is 11.8. The van der Waals surface area contributed by atoms with Gasteiger partial charge in [0, 0.05) is 41.7 Å². The van der Waals surface area contributed by atoms with E-state index in [-0.39, 0.29) is 24.8 Å². The number of rotatable bonds is 5. The molecule has 3 heterocycles. The van der Waals surface area contributed by atoms with E-state index in [1.807, 2.05) is 12.1 Å². The molecule has 1 unspecified atom stereocenters. The van der Waals surface area contributed by atoms with Gasteiger partial charge in [-0.2, -0.15) is 4.98 Å². The number of fused-ring (bicyclic) bond motifs is 2. The van der Waals surface area contributed by atoms with Gasteiger partial charge < -0.3 is 15.5 Å². The Hall–Kier alpha value is -4.27. The lowest BCUT2D eigenvalue weighted by Crippen LogP contribution is -2.52. The zero-order valence-corrected chi connectivity index (χ0v) is 19.0. The van der Waals surface area contributed by atoms with Gasteiger partial charge >= 0.3 is 0 Å². The highest BCUT2D eigenvalue weighted by atomic mass is 16.2. The van der Waals surface area contributed by atoms with Crippen LogP contribution in [0.5, 0.6) is 0 Å². The molecule has 3 amide bonds. The Balaban J connectivity index is 1.21. The fraction of sp³-hybridized carbons (Fsp3) is 0.269. The second kappa shape index (κ2) is 8.50. The number of nitrogens with zero attached hydrogens (tertiary/aromatic N) is 3. The molecule has 0 bridgehead atoms. The van der Waals surface area contributed by atoms with E-state index < -0.39 is 11.9 Å². The van der Waals surface area contributed by atoms with Crippen molar-refractivity contribution in [1.82, 2.24) is 20.2 Å². The standard InChI is InChI=1S/C26H24N6O3/c33-23-10-9-21(24(34)31-23)32-14-19-18(25(32)35)5-2-6-20(19)29-22-11-12-27-26(30-22)28-17-8-7-15-3-1-4-16(15)13-17/h2,5-8,11-13,21H,1,3-4,9-10,14H2,(H,31,33,34)(H2,27,28,29,30). The number of imide groups is 1. The van der Waals surface area contributed by atoms with E-state index in [0.717, 1.165) is 29.8 Å². The molecular weight excluding hydrogens is 444 g/mol. The van der Waals surface area contributed by atoms with Gasteiger partial charge in [-0.3, -0.25) is 19.7 Å². The number of aromatic nitrogens is 2. The molecule has 1 fully saturated rings. The van der Waals surface area contributed by atoms with Crippen LogP contribution in [-0.4, -0.2) is 38.6 Å². The van der Waals surface area contributed by atoms with Crippen molar-refractivity contribution < 1.29 is 14.4 Å². The monoisotopic (exact) mass is 468 g/mol. The molecule has 1 aromatic heterocycles. The number of aryl methyl sites for hydroxylation is 2. The second-order valence-electron chi connectivity index (χ2n) is 9.08. The molecule has 0 radical (unpaired) electrons. The van der Waals surface area contributed by atoms with Crippen LogP contribution >= 0.6 is 0 Å². The molecular formula is C26H24N6O3. The van der Waals surface area contributed by atoms with E-state index in [0.29, 0.717) is 23.8 Å². The Morgan fingerprint density at radius 3 is 2.74 bits per heavy atom. The summed E-state index contributed by atoms with van der Waals surface area (Å²) < 4.78 is 0. The number of anilines is 4. The van der Waals surface area contributed by atoms with Crippen LogP contribution in [0.2, 0.25) is 0 Å². The first kappa shape index (κ1) is 21.3. The zero-order valence-electron chi connectivity index (χ0n) is 19.0. The number of amides is 3. The van der Waals surface area contributed by atoms with Gasteiger partial charge in [0.25, 0.3) is 5.91 Å². The lowest BCUT2D eigenvalue weighted by Gasteiger charge is -2.29. The number of carbonyl (C=O) groups is 3. The molecule has 1 atom stereocenters. The molecule has 1 saturated heterocycles. The third-order valence-corrected chi connectivity index (χ3v) is 6.86. The van der Waals surface area contributed by atoms with E-state index in [1.54, 1.807) is 29.3 Å². The molecule has 3 aromatic rings. The Labute approximate surface area is 202 Å². The minimum atomic E-state index is -0.650. The predicted molar refractivity (Wildman–Crippen MR) is 130 cm³/mol. The Kier molecular flexibility index (Phi) is 5.17. The fourth-order valence-corrected chi connectivity index (χ4v) is 5.11. The average molecular weight is 469 g/mol. The van der Waals surface area contributed by atoms with Gasteiger partial charge in [-0.1, -0.05) is 12.1 Å². The number of hydrogen-bond donors (Lipinski definition) is 3. The van der Waals surface area contributed by atoms with Crippen molar-refractivity contribution in [1.29, 1.82) is 0 Å². The van der Waals surface area contributed by atoms with Gasteiger partial charge in [0.15, 0.2) is 0 Å². The van der Waals surface area contributed by atoms with Crippen LogP contribution in [0.15, 0.2) is 48.7 Å². The number of carbonyl (C=O) groups excluding carboxylic acids is 3. The summed E-state index contributed by atoms with van der Waals surface area (Å²) in [5.74, 6) is 0.131. The maximum absolute atomic E-state index is 13.1. The molecule has 6 rings (SSSR count). The summed E-state index contributed by atoms with van der Waals surface area (Å²) in [5, 5.41) is 8.93. The topological polar surface area (TPSA) is 116 Å². The summed E-state index contributed by atoms with van der Waals surface area (Å²) in [6.45, 7) is 0.287. The molecule has 0 spiro atoms. The maximum Gasteiger partial charge on any atom is 0.255 e.